The molecule has 0 N–H and O–H groups in total. The molecule has 0 heterocycles. The molecule has 4 radical (unpaired) electrons. The van der Waals surface area contributed by atoms with Gasteiger partial charge in [0.25, 0.3) is 0 Å². The van der Waals surface area contributed by atoms with Gasteiger partial charge in [-0.3, -0.25) is 0 Å². The lowest BCUT2D eigenvalue weighted by Gasteiger charge is -2.23. The minimum Gasteiger partial charge on any atom is -1.00 e. The Balaban J connectivity index is 0. The summed E-state index contributed by atoms with van der Waals surface area (Å²) in [6.45, 7) is 3.60. The zero-order chi connectivity index (χ0) is 9.45. The molecule has 0 aliphatic rings. The molecule has 0 saturated heterocycles. The highest BCUT2D eigenvalue weighted by molar-refractivity contribution is 5.75. The number of hydrogen-bond donors (Lipinski definition) is 0. The van der Waals surface area contributed by atoms with E-state index in [2.05, 4.69) is 28.1 Å². The molecule has 0 aromatic rings. The fourth-order valence-corrected chi connectivity index (χ4v) is 1.37. The summed E-state index contributed by atoms with van der Waals surface area (Å²) in [5.41, 5.74) is 0. The lowest BCUT2D eigenvalue weighted by atomic mass is 10.1. The van der Waals surface area contributed by atoms with Gasteiger partial charge in [-0.05, 0) is 12.8 Å². The highest BCUT2D eigenvalue weighted by Crippen LogP contribution is 2.06. The Hall–Kier alpha value is 0.0249. The number of nitrogens with zero attached hydrogens (tertiary/aromatic N) is 1. The van der Waals surface area contributed by atoms with E-state index in [4.69, 9.17) is 0 Å². The summed E-state index contributed by atoms with van der Waals surface area (Å²) in [5.74, 6) is 0. The summed E-state index contributed by atoms with van der Waals surface area (Å²) >= 11 is 0. The van der Waals surface area contributed by atoms with Gasteiger partial charge in [-0.25, -0.2) is 0 Å². The van der Waals surface area contributed by atoms with Crippen molar-refractivity contribution in [2.45, 2.75) is 45.4 Å². The molecule has 0 aromatic heterocycles. The summed E-state index contributed by atoms with van der Waals surface area (Å²) in [5, 5.41) is 0. The second-order valence-electron chi connectivity index (χ2n) is 4.78. The predicted molar refractivity (Wildman–Crippen MR) is 62.0 cm³/mol. The number of quaternary nitrogens is 1. The fourth-order valence-electron chi connectivity index (χ4n) is 1.37. The van der Waals surface area contributed by atoms with Crippen LogP contribution >= 0.6 is 0 Å². The van der Waals surface area contributed by atoms with Gasteiger partial charge < -0.3 is 12.9 Å². The Morgan fingerprint density at radius 2 is 1.23 bits per heavy atom. The topological polar surface area (TPSA) is 0 Å². The monoisotopic (exact) mass is 183 g/mol. The predicted octanol–water partition coefficient (Wildman–Crippen LogP) is 2.67. The van der Waals surface area contributed by atoms with E-state index in [9.17, 15) is 0 Å². The van der Waals surface area contributed by atoms with Gasteiger partial charge in [-0.1, -0.05) is 32.6 Å². The highest BCUT2D eigenvalue weighted by atomic mass is 15.3. The van der Waals surface area contributed by atoms with E-state index in [1.165, 1.54) is 45.1 Å². The van der Waals surface area contributed by atoms with Crippen LogP contribution in [0.15, 0.2) is 0 Å². The third-order valence-corrected chi connectivity index (χ3v) is 2.18. The Kier molecular flexibility index (Phi) is 10.3. The standard InChI is InChI=1S/C11H26N.B/c1-5-6-7-8-9-10-11-12(2,3)4;/h5-11H2,1-4H3;/q+1;-1. The zero-order valence-corrected chi connectivity index (χ0v) is 9.97. The lowest BCUT2D eigenvalue weighted by Crippen LogP contribution is -2.35. The van der Waals surface area contributed by atoms with Crippen molar-refractivity contribution in [2.24, 2.45) is 0 Å². The van der Waals surface area contributed by atoms with Gasteiger partial charge >= 0.3 is 0 Å². The van der Waals surface area contributed by atoms with E-state index >= 15 is 0 Å². The smallest absolute Gasteiger partial charge is 0.0780 e. The van der Waals surface area contributed by atoms with Crippen LogP contribution in [-0.2, 0) is 0 Å². The van der Waals surface area contributed by atoms with Crippen molar-refractivity contribution < 1.29 is 4.48 Å². The molecule has 1 nitrogen and oxygen atoms in total. The van der Waals surface area contributed by atoms with Crippen molar-refractivity contribution in [3.05, 3.63) is 0 Å². The van der Waals surface area contributed by atoms with Crippen molar-refractivity contribution in [1.29, 1.82) is 0 Å². The minimum atomic E-state index is 0. The number of hydrogen-bond acceptors (Lipinski definition) is 0. The van der Waals surface area contributed by atoms with E-state index in [1.807, 2.05) is 0 Å². The van der Waals surface area contributed by atoms with Gasteiger partial charge in [0.2, 0.25) is 0 Å². The first-order valence-corrected chi connectivity index (χ1v) is 5.36. The maximum atomic E-state index is 2.27. The van der Waals surface area contributed by atoms with Gasteiger partial charge in [-0.15, -0.1) is 0 Å². The SMILES string of the molecule is CCCCCCCC[N+](C)(C)C.[B-]. The first kappa shape index (κ1) is 15.5. The van der Waals surface area contributed by atoms with Crippen LogP contribution in [0.3, 0.4) is 0 Å². The zero-order valence-electron chi connectivity index (χ0n) is 9.97. The van der Waals surface area contributed by atoms with E-state index in [-0.39, 0.29) is 8.41 Å². The second-order valence-corrected chi connectivity index (χ2v) is 4.78. The molecule has 0 saturated carbocycles. The van der Waals surface area contributed by atoms with Crippen LogP contribution in [0.5, 0.6) is 0 Å². The molecule has 2 heteroatoms. The first-order valence-electron chi connectivity index (χ1n) is 5.36. The molecule has 0 aliphatic heterocycles. The maximum Gasteiger partial charge on any atom is 0.0780 e. The average Bonchev–Trinajstić information content (AvgIpc) is 1.94. The van der Waals surface area contributed by atoms with Gasteiger partial charge in [0.15, 0.2) is 0 Å². The van der Waals surface area contributed by atoms with Crippen molar-refractivity contribution in [3.8, 4) is 0 Å². The van der Waals surface area contributed by atoms with E-state index < -0.39 is 0 Å². The van der Waals surface area contributed by atoms with Crippen molar-refractivity contribution in [3.63, 3.8) is 0 Å². The van der Waals surface area contributed by atoms with Gasteiger partial charge in [0.05, 0.1) is 27.7 Å². The highest BCUT2D eigenvalue weighted by Gasteiger charge is 2.04. The third-order valence-electron chi connectivity index (χ3n) is 2.18. The molecule has 0 aliphatic carbocycles. The van der Waals surface area contributed by atoms with Crippen LogP contribution < -0.4 is 0 Å². The van der Waals surface area contributed by atoms with Crippen molar-refractivity contribution >= 4 is 8.41 Å². The first-order chi connectivity index (χ1) is 5.56. The Bertz CT molecular complexity index is 96.8. The summed E-state index contributed by atoms with van der Waals surface area (Å²) in [6, 6.07) is 0. The molecule has 13 heavy (non-hydrogen) atoms. The molecule has 0 atom stereocenters. The van der Waals surface area contributed by atoms with E-state index in [0.29, 0.717) is 0 Å². The molecule has 78 valence electrons. The van der Waals surface area contributed by atoms with Crippen LogP contribution in [0, 0.1) is 0 Å². The Morgan fingerprint density at radius 1 is 0.769 bits per heavy atom. The molecular weight excluding hydrogens is 157 g/mol. The number of unbranched alkanes of at least 4 members (excludes halogenated alkanes) is 5. The average molecular weight is 183 g/mol. The minimum absolute atomic E-state index is 0. The molecule has 0 spiro atoms. The van der Waals surface area contributed by atoms with E-state index in [0.717, 1.165) is 4.48 Å². The molecule has 0 unspecified atom stereocenters. The summed E-state index contributed by atoms with van der Waals surface area (Å²) in [6.07, 6.45) is 8.48. The van der Waals surface area contributed by atoms with Crippen LogP contribution in [0.1, 0.15) is 45.4 Å². The van der Waals surface area contributed by atoms with Gasteiger partial charge in [-0.2, -0.15) is 0 Å². The summed E-state index contributed by atoms with van der Waals surface area (Å²) < 4.78 is 1.12. The molecule has 0 amide bonds. The van der Waals surface area contributed by atoms with Crippen molar-refractivity contribution in [1.82, 2.24) is 0 Å². The number of rotatable bonds is 7. The van der Waals surface area contributed by atoms with Crippen LogP contribution in [0.2, 0.25) is 0 Å². The Morgan fingerprint density at radius 3 is 1.69 bits per heavy atom. The third kappa shape index (κ3) is 14.8. The van der Waals surface area contributed by atoms with Crippen LogP contribution in [-0.4, -0.2) is 40.6 Å². The van der Waals surface area contributed by atoms with Gasteiger partial charge in [0, 0.05) is 0 Å². The van der Waals surface area contributed by atoms with Crippen molar-refractivity contribution in [2.75, 3.05) is 27.7 Å². The largest absolute Gasteiger partial charge is 1.00 e. The molecule has 0 aromatic carbocycles. The molecule has 0 rings (SSSR count). The second kappa shape index (κ2) is 8.62. The maximum absolute atomic E-state index is 2.27. The lowest BCUT2D eigenvalue weighted by molar-refractivity contribution is -0.870. The quantitative estimate of drug-likeness (QED) is 0.323. The Labute approximate surface area is 86.7 Å². The normalized spacial score (nSPS) is 11.1. The fraction of sp³-hybridized carbons (Fsp3) is 1.00. The van der Waals surface area contributed by atoms with Crippen LogP contribution in [0.25, 0.3) is 0 Å². The summed E-state index contributed by atoms with van der Waals surface area (Å²) in [7, 11) is 6.81. The van der Waals surface area contributed by atoms with Gasteiger partial charge in [0.1, 0.15) is 0 Å². The molecular formula is C11H26BN. The van der Waals surface area contributed by atoms with E-state index in [1.54, 1.807) is 0 Å². The van der Waals surface area contributed by atoms with Crippen LogP contribution in [0.4, 0.5) is 0 Å². The molecule has 0 bridgehead atoms. The molecule has 0 fully saturated rings. The summed E-state index contributed by atoms with van der Waals surface area (Å²) in [4.78, 5) is 0.